The van der Waals surface area contributed by atoms with Gasteiger partial charge in [-0.3, -0.25) is 9.52 Å². The van der Waals surface area contributed by atoms with Crippen molar-refractivity contribution >= 4 is 21.6 Å². The van der Waals surface area contributed by atoms with Gasteiger partial charge in [0.15, 0.2) is 0 Å². The van der Waals surface area contributed by atoms with E-state index in [4.69, 9.17) is 0 Å². The third-order valence-corrected chi connectivity index (χ3v) is 5.71. The number of alkyl halides is 2. The molecule has 2 rings (SSSR count). The Hall–Kier alpha value is -2.48. The van der Waals surface area contributed by atoms with Gasteiger partial charge in [-0.2, -0.15) is 0 Å². The van der Waals surface area contributed by atoms with E-state index in [2.05, 4.69) is 4.72 Å². The predicted octanol–water partition coefficient (Wildman–Crippen LogP) is 4.22. The molecule has 1 amide bonds. The van der Waals surface area contributed by atoms with Crippen LogP contribution < -0.4 is 4.72 Å². The minimum absolute atomic E-state index is 0.0156. The number of aryl methyl sites for hydroxylation is 2. The summed E-state index contributed by atoms with van der Waals surface area (Å²) >= 11 is 0. The average molecular weight is 410 g/mol. The molecule has 8 heteroatoms. The van der Waals surface area contributed by atoms with Crippen molar-refractivity contribution in [2.75, 3.05) is 17.8 Å². The van der Waals surface area contributed by atoms with E-state index in [0.29, 0.717) is 12.1 Å². The van der Waals surface area contributed by atoms with Crippen molar-refractivity contribution < 1.29 is 22.0 Å². The van der Waals surface area contributed by atoms with Crippen LogP contribution in [0.3, 0.4) is 0 Å². The zero-order valence-corrected chi connectivity index (χ0v) is 16.9. The molecule has 28 heavy (non-hydrogen) atoms. The summed E-state index contributed by atoms with van der Waals surface area (Å²) in [7, 11) is -3.83. The lowest BCUT2D eigenvalue weighted by Gasteiger charge is -2.21. The van der Waals surface area contributed by atoms with E-state index < -0.39 is 28.9 Å². The van der Waals surface area contributed by atoms with Crippen LogP contribution >= 0.6 is 0 Å². The van der Waals surface area contributed by atoms with E-state index in [1.54, 1.807) is 19.1 Å². The average Bonchev–Trinajstić information content (AvgIpc) is 2.63. The summed E-state index contributed by atoms with van der Waals surface area (Å²) in [6.07, 6.45) is -2.08. The van der Waals surface area contributed by atoms with Gasteiger partial charge in [0, 0.05) is 17.8 Å². The summed E-state index contributed by atoms with van der Waals surface area (Å²) in [4.78, 5) is 13.5. The van der Waals surface area contributed by atoms with Gasteiger partial charge in [-0.25, -0.2) is 17.2 Å². The lowest BCUT2D eigenvalue weighted by atomic mass is 10.1. The Morgan fingerprint density at radius 1 is 1.07 bits per heavy atom. The summed E-state index contributed by atoms with van der Waals surface area (Å²) < 4.78 is 53.0. The molecule has 0 bridgehead atoms. The fourth-order valence-electron chi connectivity index (χ4n) is 2.69. The van der Waals surface area contributed by atoms with Gasteiger partial charge >= 0.3 is 0 Å². The highest BCUT2D eigenvalue weighted by molar-refractivity contribution is 7.92. The van der Waals surface area contributed by atoms with Crippen LogP contribution in [0.1, 0.15) is 34.8 Å². The third kappa shape index (κ3) is 5.51. The number of carbonyl (C=O) groups is 1. The molecule has 5 nitrogen and oxygen atoms in total. The van der Waals surface area contributed by atoms with Crippen LogP contribution in [0.2, 0.25) is 0 Å². The van der Waals surface area contributed by atoms with Crippen LogP contribution in [0.5, 0.6) is 0 Å². The molecule has 0 unspecified atom stereocenters. The van der Waals surface area contributed by atoms with E-state index in [0.717, 1.165) is 16.0 Å². The standard InChI is InChI=1S/C20H24F2N2O3S/c1-4-11-24(13-19(21)22)20(25)16-6-9-18(10-7-16)28(26,27)23-17-8-5-14(2)15(3)12-17/h5-10,12,19,23H,4,11,13H2,1-3H3. The molecule has 0 aliphatic rings. The topological polar surface area (TPSA) is 66.5 Å². The first-order valence-electron chi connectivity index (χ1n) is 8.91. The number of amides is 1. The Bertz CT molecular complexity index is 929. The Morgan fingerprint density at radius 3 is 2.25 bits per heavy atom. The summed E-state index contributed by atoms with van der Waals surface area (Å²) in [5, 5.41) is 0. The molecule has 0 radical (unpaired) electrons. The van der Waals surface area contributed by atoms with Crippen molar-refractivity contribution in [3.8, 4) is 0 Å². The summed E-state index contributed by atoms with van der Waals surface area (Å²) in [5.74, 6) is -0.548. The molecule has 0 saturated heterocycles. The van der Waals surface area contributed by atoms with Crippen molar-refractivity contribution in [3.63, 3.8) is 0 Å². The van der Waals surface area contributed by atoms with E-state index in [9.17, 15) is 22.0 Å². The van der Waals surface area contributed by atoms with E-state index >= 15 is 0 Å². The van der Waals surface area contributed by atoms with Gasteiger partial charge in [0.1, 0.15) is 0 Å². The normalized spacial score (nSPS) is 11.5. The van der Waals surface area contributed by atoms with Gasteiger partial charge in [0.2, 0.25) is 0 Å². The number of nitrogens with zero attached hydrogens (tertiary/aromatic N) is 1. The summed E-state index contributed by atoms with van der Waals surface area (Å²) in [5.41, 5.74) is 2.61. The molecule has 0 heterocycles. The maximum atomic E-state index is 12.7. The summed E-state index contributed by atoms with van der Waals surface area (Å²) in [6.45, 7) is 5.16. The van der Waals surface area contributed by atoms with Gasteiger partial charge < -0.3 is 4.90 Å². The lowest BCUT2D eigenvalue weighted by Crippen LogP contribution is -2.35. The Morgan fingerprint density at radius 2 is 1.71 bits per heavy atom. The van der Waals surface area contributed by atoms with Crippen molar-refractivity contribution in [3.05, 3.63) is 59.2 Å². The van der Waals surface area contributed by atoms with Gasteiger partial charge in [-0.1, -0.05) is 13.0 Å². The number of hydrogen-bond donors (Lipinski definition) is 1. The van der Waals surface area contributed by atoms with Crippen LogP contribution in [0.15, 0.2) is 47.4 Å². The van der Waals surface area contributed by atoms with Crippen molar-refractivity contribution in [2.45, 2.75) is 38.5 Å². The number of carbonyl (C=O) groups excluding carboxylic acids is 1. The monoisotopic (exact) mass is 410 g/mol. The smallest absolute Gasteiger partial charge is 0.261 e. The fraction of sp³-hybridized carbons (Fsp3) is 0.350. The van der Waals surface area contributed by atoms with E-state index in [-0.39, 0.29) is 17.0 Å². The molecule has 2 aromatic carbocycles. The lowest BCUT2D eigenvalue weighted by molar-refractivity contribution is 0.0555. The number of nitrogens with one attached hydrogen (secondary N) is 1. The minimum atomic E-state index is -3.83. The molecule has 0 aliphatic heterocycles. The first-order valence-corrected chi connectivity index (χ1v) is 10.4. The molecule has 152 valence electrons. The number of sulfonamides is 1. The highest BCUT2D eigenvalue weighted by atomic mass is 32.2. The molecular formula is C20H24F2N2O3S. The highest BCUT2D eigenvalue weighted by Gasteiger charge is 2.20. The second kappa shape index (κ2) is 9.14. The van der Waals surface area contributed by atoms with Crippen molar-refractivity contribution in [1.82, 2.24) is 4.90 Å². The molecule has 1 N–H and O–H groups in total. The Kier molecular flexibility index (Phi) is 7.12. The molecule has 0 aliphatic carbocycles. The maximum absolute atomic E-state index is 12.7. The van der Waals surface area contributed by atoms with Crippen molar-refractivity contribution in [2.24, 2.45) is 0 Å². The first-order chi connectivity index (χ1) is 13.1. The number of benzene rings is 2. The van der Waals surface area contributed by atoms with Gasteiger partial charge in [-0.15, -0.1) is 0 Å². The van der Waals surface area contributed by atoms with Gasteiger partial charge in [0.25, 0.3) is 22.4 Å². The Balaban J connectivity index is 2.19. The van der Waals surface area contributed by atoms with Gasteiger partial charge in [-0.05, 0) is 67.8 Å². The fourth-order valence-corrected chi connectivity index (χ4v) is 3.74. The molecular weight excluding hydrogens is 386 g/mol. The number of rotatable bonds is 8. The minimum Gasteiger partial charge on any atom is -0.333 e. The van der Waals surface area contributed by atoms with Crippen LogP contribution in [-0.4, -0.2) is 38.7 Å². The molecule has 0 atom stereocenters. The summed E-state index contributed by atoms with van der Waals surface area (Å²) in [6, 6.07) is 10.5. The van der Waals surface area contributed by atoms with Crippen LogP contribution in [-0.2, 0) is 10.0 Å². The van der Waals surface area contributed by atoms with Crippen LogP contribution in [0.25, 0.3) is 0 Å². The number of anilines is 1. The second-order valence-corrected chi connectivity index (χ2v) is 8.25. The zero-order valence-electron chi connectivity index (χ0n) is 16.1. The number of halogens is 2. The van der Waals surface area contributed by atoms with Gasteiger partial charge in [0.05, 0.1) is 11.4 Å². The van der Waals surface area contributed by atoms with Crippen molar-refractivity contribution in [1.29, 1.82) is 0 Å². The van der Waals surface area contributed by atoms with E-state index in [1.165, 1.54) is 24.3 Å². The van der Waals surface area contributed by atoms with E-state index in [1.807, 2.05) is 19.9 Å². The SMILES string of the molecule is CCCN(CC(F)F)C(=O)c1ccc(S(=O)(=O)Nc2ccc(C)c(C)c2)cc1. The quantitative estimate of drug-likeness (QED) is 0.709. The molecule has 0 spiro atoms. The molecule has 0 fully saturated rings. The second-order valence-electron chi connectivity index (χ2n) is 6.57. The maximum Gasteiger partial charge on any atom is 0.261 e. The predicted molar refractivity (Wildman–Crippen MR) is 105 cm³/mol. The number of hydrogen-bond acceptors (Lipinski definition) is 3. The van der Waals surface area contributed by atoms with Crippen LogP contribution in [0.4, 0.5) is 14.5 Å². The highest BCUT2D eigenvalue weighted by Crippen LogP contribution is 2.20. The third-order valence-electron chi connectivity index (χ3n) is 4.31. The molecule has 2 aromatic rings. The first kappa shape index (κ1) is 21.8. The molecule has 0 saturated carbocycles. The largest absolute Gasteiger partial charge is 0.333 e. The van der Waals surface area contributed by atoms with Crippen LogP contribution in [0, 0.1) is 13.8 Å². The molecule has 0 aromatic heterocycles. The zero-order chi connectivity index (χ0) is 20.9. The Labute approximate surface area is 164 Å².